The molecule has 330 valence electrons. The normalized spacial score (nSPS) is 18.4. The van der Waals surface area contributed by atoms with Gasteiger partial charge in [-0.2, -0.15) is 0 Å². The van der Waals surface area contributed by atoms with E-state index in [2.05, 4.69) is 17.1 Å². The zero-order valence-electron chi connectivity index (χ0n) is 37.7. The Bertz CT molecular complexity index is 1620. The lowest BCUT2D eigenvalue weighted by Gasteiger charge is -2.41. The van der Waals surface area contributed by atoms with E-state index in [1.165, 1.54) is 4.90 Å². The van der Waals surface area contributed by atoms with Crippen molar-refractivity contribution in [3.05, 3.63) is 52.5 Å². The van der Waals surface area contributed by atoms with E-state index in [0.717, 1.165) is 23.4 Å². The molecular weight excluding hydrogens is 769 g/mol. The number of aromatic nitrogens is 1. The number of Topliss-reactive ketones (excluding diaryl/α,β-unsaturated/α-hetero) is 2. The van der Waals surface area contributed by atoms with Crippen molar-refractivity contribution in [3.8, 4) is 0 Å². The average Bonchev–Trinajstić information content (AvgIpc) is 3.93. The van der Waals surface area contributed by atoms with E-state index in [0.29, 0.717) is 25.8 Å². The molecule has 3 rings (SSSR count). The van der Waals surface area contributed by atoms with E-state index in [9.17, 15) is 24.0 Å². The summed E-state index contributed by atoms with van der Waals surface area (Å²) in [5.74, 6) is -2.04. The number of hydrogen-bond acceptors (Lipinski definition) is 10. The topological polar surface area (TPSA) is 136 Å². The second kappa shape index (κ2) is 23.9. The molecule has 0 radical (unpaired) electrons. The lowest BCUT2D eigenvalue weighted by Crippen LogP contribution is -2.54. The zero-order chi connectivity index (χ0) is 44.0. The number of nitrogens with zero attached hydrogens (tertiary/aromatic N) is 4. The van der Waals surface area contributed by atoms with Gasteiger partial charge in [-0.1, -0.05) is 85.2 Å². The Morgan fingerprint density at radius 1 is 0.881 bits per heavy atom. The highest BCUT2D eigenvalue weighted by atomic mass is 32.1. The maximum absolute atomic E-state index is 14.5. The highest BCUT2D eigenvalue weighted by Gasteiger charge is 2.43. The van der Waals surface area contributed by atoms with Gasteiger partial charge in [-0.3, -0.25) is 19.2 Å². The van der Waals surface area contributed by atoms with Crippen LogP contribution < -0.4 is 0 Å². The van der Waals surface area contributed by atoms with Crippen LogP contribution in [0.15, 0.2) is 41.9 Å². The summed E-state index contributed by atoms with van der Waals surface area (Å²) in [6.45, 7) is 16.0. The van der Waals surface area contributed by atoms with Gasteiger partial charge in [0.15, 0.2) is 5.78 Å². The van der Waals surface area contributed by atoms with Crippen LogP contribution in [0.25, 0.3) is 0 Å². The number of amides is 3. The molecule has 3 amide bonds. The Balaban J connectivity index is 1.80. The van der Waals surface area contributed by atoms with E-state index in [1.807, 2.05) is 76.9 Å². The molecule has 1 aromatic carbocycles. The molecule has 13 heteroatoms. The molecule has 0 N–H and O–H groups in total. The minimum Gasteiger partial charge on any atom is -0.450 e. The molecule has 1 fully saturated rings. The van der Waals surface area contributed by atoms with Gasteiger partial charge in [-0.25, -0.2) is 9.78 Å². The third-order valence-electron chi connectivity index (χ3n) is 12.4. The minimum absolute atomic E-state index is 0.0343. The Hall–Kier alpha value is -3.68. The van der Waals surface area contributed by atoms with Gasteiger partial charge < -0.3 is 28.9 Å². The van der Waals surface area contributed by atoms with Crippen LogP contribution in [0.5, 0.6) is 0 Å². The van der Waals surface area contributed by atoms with Crippen LogP contribution in [-0.4, -0.2) is 121 Å². The number of methoxy groups -OCH3 is 2. The van der Waals surface area contributed by atoms with Crippen molar-refractivity contribution in [1.82, 2.24) is 19.7 Å². The van der Waals surface area contributed by atoms with Crippen LogP contribution in [0.1, 0.15) is 110 Å². The third kappa shape index (κ3) is 13.2. The standard InChI is InChI=1S/C46H72N4O8S/c1-13-31(7)42(48(9)45(54)35(29(3)4)27-38(52)41(30(5)6)49(10)46(55)58-14-2)39(56-11)28-40(53)50-23-18-21-36(50)43(57-12)32(8)37(51)26-34(44-47-22-24-59-44)25-33-19-16-15-17-20-33/h15-17,19-20,22,24,29-32,34-36,39,41-43H,13-14,18,21,23,25-28H2,1-12H3/t31-,32-,34+,35-,36-,39+,41-,42-,43+/m0/s1. The van der Waals surface area contributed by atoms with Gasteiger partial charge >= 0.3 is 6.09 Å². The van der Waals surface area contributed by atoms with Crippen LogP contribution in [0.4, 0.5) is 4.79 Å². The summed E-state index contributed by atoms with van der Waals surface area (Å²) in [4.78, 5) is 78.8. The maximum atomic E-state index is 14.5. The number of carbonyl (C=O) groups is 5. The molecule has 2 aromatic rings. The van der Waals surface area contributed by atoms with Crippen molar-refractivity contribution in [2.45, 2.75) is 137 Å². The smallest absolute Gasteiger partial charge is 0.410 e. The van der Waals surface area contributed by atoms with Gasteiger partial charge in [-0.05, 0) is 49.5 Å². The highest BCUT2D eigenvalue weighted by Crippen LogP contribution is 2.33. The molecule has 12 nitrogen and oxygen atoms in total. The number of thiazole rings is 1. The van der Waals surface area contributed by atoms with Gasteiger partial charge in [-0.15, -0.1) is 11.3 Å². The SMILES string of the molecule is CCOC(=O)N(C)[C@H](C(=O)C[C@H](C(=O)N(C)[C@@H]([C@@H](C)CC)[C@@H](CC(=O)N1CCC[C@H]1[C@H](OC)[C@@H](C)C(=O)C[C@@H](Cc1ccccc1)c1nccs1)OC)C(C)C)C(C)C. The second-order valence-electron chi connectivity index (χ2n) is 17.0. The molecule has 1 aliphatic heterocycles. The average molecular weight is 841 g/mol. The molecule has 2 heterocycles. The summed E-state index contributed by atoms with van der Waals surface area (Å²) < 4.78 is 17.3. The van der Waals surface area contributed by atoms with E-state index in [-0.39, 0.29) is 72.5 Å². The lowest BCUT2D eigenvalue weighted by molar-refractivity contribution is -0.149. The van der Waals surface area contributed by atoms with Crippen LogP contribution >= 0.6 is 11.3 Å². The summed E-state index contributed by atoms with van der Waals surface area (Å²) in [5, 5.41) is 2.87. The number of likely N-dealkylation sites (tertiary alicyclic amines) is 1. The minimum atomic E-state index is -0.751. The quantitative estimate of drug-likeness (QED) is 0.104. The second-order valence-corrected chi connectivity index (χ2v) is 18.0. The van der Waals surface area contributed by atoms with Crippen molar-refractivity contribution in [1.29, 1.82) is 0 Å². The summed E-state index contributed by atoms with van der Waals surface area (Å²) in [7, 11) is 6.48. The largest absolute Gasteiger partial charge is 0.450 e. The Morgan fingerprint density at radius 3 is 2.10 bits per heavy atom. The summed E-state index contributed by atoms with van der Waals surface area (Å²) in [5.41, 5.74) is 1.14. The fraction of sp³-hybridized carbons (Fsp3) is 0.696. The number of likely N-dealkylation sites (N-methyl/N-ethyl adjacent to an activating group) is 2. The third-order valence-corrected chi connectivity index (χ3v) is 13.3. The summed E-state index contributed by atoms with van der Waals surface area (Å²) in [6.07, 6.45) is 3.29. The summed E-state index contributed by atoms with van der Waals surface area (Å²) >= 11 is 1.56. The first-order chi connectivity index (χ1) is 28.0. The van der Waals surface area contributed by atoms with Crippen molar-refractivity contribution < 1.29 is 38.2 Å². The number of ether oxygens (including phenoxy) is 3. The van der Waals surface area contributed by atoms with Crippen molar-refractivity contribution in [2.24, 2.45) is 29.6 Å². The van der Waals surface area contributed by atoms with Crippen LogP contribution in [0.2, 0.25) is 0 Å². The van der Waals surface area contributed by atoms with Crippen molar-refractivity contribution in [2.75, 3.05) is 41.5 Å². The van der Waals surface area contributed by atoms with Crippen molar-refractivity contribution in [3.63, 3.8) is 0 Å². The molecule has 0 bridgehead atoms. The Labute approximate surface area is 357 Å². The monoisotopic (exact) mass is 841 g/mol. The maximum Gasteiger partial charge on any atom is 0.410 e. The first-order valence-corrected chi connectivity index (χ1v) is 22.4. The highest BCUT2D eigenvalue weighted by molar-refractivity contribution is 7.09. The molecule has 59 heavy (non-hydrogen) atoms. The predicted molar refractivity (Wildman–Crippen MR) is 232 cm³/mol. The number of carbonyl (C=O) groups excluding carboxylic acids is 5. The van der Waals surface area contributed by atoms with Gasteiger partial charge in [0.05, 0.1) is 48.4 Å². The zero-order valence-corrected chi connectivity index (χ0v) is 38.5. The lowest BCUT2D eigenvalue weighted by atomic mass is 9.83. The van der Waals surface area contributed by atoms with Gasteiger partial charge in [0.1, 0.15) is 5.78 Å². The fourth-order valence-corrected chi connectivity index (χ4v) is 9.67. The Kier molecular flexibility index (Phi) is 20.2. The molecule has 1 aromatic heterocycles. The van der Waals surface area contributed by atoms with E-state index in [1.54, 1.807) is 57.7 Å². The molecule has 0 aliphatic carbocycles. The van der Waals surface area contributed by atoms with Gasteiger partial charge in [0, 0.05) is 77.0 Å². The van der Waals surface area contributed by atoms with E-state index < -0.39 is 42.2 Å². The molecular formula is C46H72N4O8S. The van der Waals surface area contributed by atoms with E-state index in [4.69, 9.17) is 14.2 Å². The van der Waals surface area contributed by atoms with Crippen LogP contribution in [-0.2, 0) is 39.8 Å². The van der Waals surface area contributed by atoms with Crippen LogP contribution in [0.3, 0.4) is 0 Å². The Morgan fingerprint density at radius 2 is 1.56 bits per heavy atom. The van der Waals surface area contributed by atoms with Gasteiger partial charge in [0.25, 0.3) is 0 Å². The van der Waals surface area contributed by atoms with Crippen LogP contribution in [0, 0.1) is 29.6 Å². The summed E-state index contributed by atoms with van der Waals surface area (Å²) in [6, 6.07) is 8.62. The number of ketones is 2. The molecule has 1 aliphatic rings. The number of rotatable bonds is 24. The predicted octanol–water partition coefficient (Wildman–Crippen LogP) is 7.69. The number of benzene rings is 1. The molecule has 0 saturated carbocycles. The number of hydrogen-bond donors (Lipinski definition) is 0. The molecule has 0 spiro atoms. The molecule has 9 atom stereocenters. The molecule has 1 saturated heterocycles. The first-order valence-electron chi connectivity index (χ1n) is 21.5. The van der Waals surface area contributed by atoms with E-state index >= 15 is 0 Å². The fourth-order valence-electron chi connectivity index (χ4n) is 8.93. The molecule has 0 unspecified atom stereocenters. The first kappa shape index (κ1) is 49.7. The van der Waals surface area contributed by atoms with Crippen molar-refractivity contribution >= 4 is 40.8 Å². The van der Waals surface area contributed by atoms with Gasteiger partial charge in [0.2, 0.25) is 11.8 Å².